The van der Waals surface area contributed by atoms with Crippen LogP contribution in [0.25, 0.3) is 0 Å². The third-order valence-corrected chi connectivity index (χ3v) is 2.10. The quantitative estimate of drug-likeness (QED) is 0.501. The van der Waals surface area contributed by atoms with Gasteiger partial charge in [-0.3, -0.25) is 4.99 Å². The van der Waals surface area contributed by atoms with E-state index in [9.17, 15) is 0 Å². The Hall–Kier alpha value is -0.590. The molecule has 0 saturated heterocycles. The average molecular weight is 120 g/mol. The van der Waals surface area contributed by atoms with E-state index in [-0.39, 0.29) is 0 Å². The Balaban J connectivity index is 1.97. The highest BCUT2D eigenvalue weighted by Crippen LogP contribution is 2.37. The van der Waals surface area contributed by atoms with Gasteiger partial charge in [-0.25, -0.2) is 0 Å². The van der Waals surface area contributed by atoms with Crippen molar-refractivity contribution in [3.8, 4) is 0 Å². The summed E-state index contributed by atoms with van der Waals surface area (Å²) < 4.78 is 0. The Bertz CT molecular complexity index is 142. The van der Waals surface area contributed by atoms with Crippen LogP contribution in [0.5, 0.6) is 0 Å². The topological polar surface area (TPSA) is 12.4 Å². The largest absolute Gasteiger partial charge is 0.279 e. The zero-order chi connectivity index (χ0) is 6.10. The maximum Gasteiger partial charge on any atom is 0.111 e. The monoisotopic (exact) mass is 120 g/mol. The minimum absolute atomic E-state index is 0.806. The third-order valence-electron chi connectivity index (χ3n) is 2.10. The van der Waals surface area contributed by atoms with E-state index in [0.717, 1.165) is 5.92 Å². The lowest BCUT2D eigenvalue weighted by Crippen LogP contribution is -2.16. The molecular formula is C8H10N. The van der Waals surface area contributed by atoms with Crippen molar-refractivity contribution in [2.75, 3.05) is 0 Å². The maximum absolute atomic E-state index is 4.24. The first kappa shape index (κ1) is 5.21. The van der Waals surface area contributed by atoms with Crippen LogP contribution in [0, 0.1) is 12.0 Å². The molecule has 1 aliphatic carbocycles. The first-order valence-electron chi connectivity index (χ1n) is 3.54. The summed E-state index contributed by atoms with van der Waals surface area (Å²) in [7, 11) is 0. The van der Waals surface area contributed by atoms with Gasteiger partial charge in [0, 0.05) is 6.21 Å². The van der Waals surface area contributed by atoms with Crippen molar-refractivity contribution in [2.24, 2.45) is 10.9 Å². The number of hydrogen-bond donors (Lipinski definition) is 0. The van der Waals surface area contributed by atoms with Gasteiger partial charge in [0.25, 0.3) is 0 Å². The standard InChI is InChI=1S/C8H10N/c1-3-7(4-1)8-5-2-6-9-8/h2,5-7H,1,3-4H2. The van der Waals surface area contributed by atoms with Crippen molar-refractivity contribution in [2.45, 2.75) is 19.3 Å². The molecule has 47 valence electrons. The lowest BCUT2D eigenvalue weighted by molar-refractivity contribution is 0.340. The Labute approximate surface area is 55.5 Å². The summed E-state index contributed by atoms with van der Waals surface area (Å²) >= 11 is 0. The van der Waals surface area contributed by atoms with Crippen molar-refractivity contribution in [3.63, 3.8) is 0 Å². The van der Waals surface area contributed by atoms with Crippen LogP contribution in [0.2, 0.25) is 0 Å². The number of allylic oxidation sites excluding steroid dienone is 1. The molecule has 2 aliphatic rings. The second-order valence-corrected chi connectivity index (χ2v) is 2.69. The fourth-order valence-electron chi connectivity index (χ4n) is 1.26. The van der Waals surface area contributed by atoms with E-state index in [1.807, 2.05) is 12.3 Å². The van der Waals surface area contributed by atoms with Gasteiger partial charge in [0.1, 0.15) is 6.04 Å². The van der Waals surface area contributed by atoms with Gasteiger partial charge in [0.15, 0.2) is 0 Å². The summed E-state index contributed by atoms with van der Waals surface area (Å²) in [6, 6.07) is 1.31. The van der Waals surface area contributed by atoms with Crippen molar-refractivity contribution < 1.29 is 0 Å². The first-order valence-corrected chi connectivity index (χ1v) is 3.54. The molecule has 0 unspecified atom stereocenters. The van der Waals surface area contributed by atoms with Crippen LogP contribution in [-0.2, 0) is 0 Å². The van der Waals surface area contributed by atoms with Gasteiger partial charge in [-0.1, -0.05) is 12.5 Å². The maximum atomic E-state index is 4.24. The second-order valence-electron chi connectivity index (χ2n) is 2.69. The van der Waals surface area contributed by atoms with Crippen LogP contribution in [0.15, 0.2) is 17.1 Å². The summed E-state index contributed by atoms with van der Waals surface area (Å²) in [5, 5.41) is 0. The molecule has 0 spiro atoms. The molecule has 1 nitrogen and oxygen atoms in total. The highest BCUT2D eigenvalue weighted by Gasteiger charge is 2.26. The summed E-state index contributed by atoms with van der Waals surface area (Å²) in [5.41, 5.74) is 0. The van der Waals surface area contributed by atoms with E-state index < -0.39 is 0 Å². The van der Waals surface area contributed by atoms with Crippen molar-refractivity contribution in [3.05, 3.63) is 18.2 Å². The Morgan fingerprint density at radius 2 is 2.33 bits per heavy atom. The molecule has 0 aromatic carbocycles. The van der Waals surface area contributed by atoms with E-state index in [4.69, 9.17) is 0 Å². The van der Waals surface area contributed by atoms with Gasteiger partial charge in [-0.05, 0) is 24.8 Å². The van der Waals surface area contributed by atoms with Crippen LogP contribution in [0.4, 0.5) is 0 Å². The minimum atomic E-state index is 0.806. The minimum Gasteiger partial charge on any atom is -0.279 e. The van der Waals surface area contributed by atoms with Gasteiger partial charge in [-0.15, -0.1) is 0 Å². The molecule has 1 aliphatic heterocycles. The molecule has 0 N–H and O–H groups in total. The van der Waals surface area contributed by atoms with Crippen LogP contribution in [0.1, 0.15) is 19.3 Å². The normalized spacial score (nSPS) is 27.1. The molecule has 0 aromatic heterocycles. The highest BCUT2D eigenvalue weighted by atomic mass is 14.8. The molecule has 1 fully saturated rings. The molecule has 1 radical (unpaired) electrons. The summed E-state index contributed by atoms with van der Waals surface area (Å²) in [5.74, 6) is 0.806. The molecule has 1 heteroatoms. The molecule has 0 amide bonds. The Kier molecular flexibility index (Phi) is 1.15. The molecule has 0 aromatic rings. The highest BCUT2D eigenvalue weighted by molar-refractivity contribution is 5.76. The molecule has 0 atom stereocenters. The number of nitrogens with zero attached hydrogens (tertiary/aromatic N) is 1. The van der Waals surface area contributed by atoms with Gasteiger partial charge >= 0.3 is 0 Å². The molecule has 0 bridgehead atoms. The first-order chi connectivity index (χ1) is 4.47. The van der Waals surface area contributed by atoms with Crippen LogP contribution in [0.3, 0.4) is 0 Å². The summed E-state index contributed by atoms with van der Waals surface area (Å²) in [6.45, 7) is 0. The van der Waals surface area contributed by atoms with Gasteiger partial charge in [-0.2, -0.15) is 0 Å². The van der Waals surface area contributed by atoms with E-state index in [1.165, 1.54) is 25.3 Å². The van der Waals surface area contributed by atoms with Gasteiger partial charge in [0.2, 0.25) is 0 Å². The average Bonchev–Trinajstić information content (AvgIpc) is 2.11. The lowest BCUT2D eigenvalue weighted by atomic mass is 9.80. The summed E-state index contributed by atoms with van der Waals surface area (Å²) in [4.78, 5) is 4.24. The predicted octanol–water partition coefficient (Wildman–Crippen LogP) is 1.96. The molecule has 1 saturated carbocycles. The van der Waals surface area contributed by atoms with E-state index in [0.29, 0.717) is 0 Å². The van der Waals surface area contributed by atoms with Crippen molar-refractivity contribution in [1.29, 1.82) is 0 Å². The molecule has 2 rings (SSSR count). The SMILES string of the molecule is C1=C[C](C2CCC2)N=C1. The number of aliphatic imine (C=N–C) groups is 1. The van der Waals surface area contributed by atoms with E-state index in [2.05, 4.69) is 11.1 Å². The lowest BCUT2D eigenvalue weighted by Gasteiger charge is -2.27. The van der Waals surface area contributed by atoms with Gasteiger partial charge < -0.3 is 0 Å². The van der Waals surface area contributed by atoms with Crippen molar-refractivity contribution >= 4 is 6.21 Å². The fourth-order valence-corrected chi connectivity index (χ4v) is 1.26. The van der Waals surface area contributed by atoms with Gasteiger partial charge in [0.05, 0.1) is 0 Å². The zero-order valence-corrected chi connectivity index (χ0v) is 5.38. The van der Waals surface area contributed by atoms with Crippen LogP contribution >= 0.6 is 0 Å². The zero-order valence-electron chi connectivity index (χ0n) is 5.38. The fraction of sp³-hybridized carbons (Fsp3) is 0.500. The third kappa shape index (κ3) is 0.805. The molecule has 1 heterocycles. The van der Waals surface area contributed by atoms with Crippen LogP contribution in [-0.4, -0.2) is 6.21 Å². The molecular weight excluding hydrogens is 110 g/mol. The van der Waals surface area contributed by atoms with E-state index in [1.54, 1.807) is 0 Å². The molecule has 9 heavy (non-hydrogen) atoms. The van der Waals surface area contributed by atoms with Crippen LogP contribution < -0.4 is 0 Å². The summed E-state index contributed by atoms with van der Waals surface area (Å²) in [6.07, 6.45) is 10.1. The second kappa shape index (κ2) is 1.98. The van der Waals surface area contributed by atoms with E-state index >= 15 is 0 Å². The Morgan fingerprint density at radius 3 is 2.78 bits per heavy atom. The Morgan fingerprint density at radius 1 is 1.44 bits per heavy atom. The number of hydrogen-bond acceptors (Lipinski definition) is 1. The van der Waals surface area contributed by atoms with Crippen molar-refractivity contribution in [1.82, 2.24) is 0 Å². The number of rotatable bonds is 1. The smallest absolute Gasteiger partial charge is 0.111 e. The predicted molar refractivity (Wildman–Crippen MR) is 38.2 cm³/mol.